The van der Waals surface area contributed by atoms with Crippen LogP contribution in [0.3, 0.4) is 0 Å². The van der Waals surface area contributed by atoms with Gasteiger partial charge in [-0.3, -0.25) is 0 Å². The first-order valence-electron chi connectivity index (χ1n) is 5.28. The Labute approximate surface area is 103 Å². The average molecular weight is 260 g/mol. The molecule has 100 valence electrons. The quantitative estimate of drug-likeness (QED) is 0.815. The van der Waals surface area contributed by atoms with Gasteiger partial charge in [-0.25, -0.2) is 18.6 Å². The van der Waals surface area contributed by atoms with Crippen molar-refractivity contribution in [2.24, 2.45) is 5.73 Å². The minimum Gasteiger partial charge on any atom is -0.480 e. The summed E-state index contributed by atoms with van der Waals surface area (Å²) in [5.41, 5.74) is 4.73. The Balaban J connectivity index is 3.39. The molecule has 0 spiro atoms. The fourth-order valence-electron chi connectivity index (χ4n) is 1.43. The van der Waals surface area contributed by atoms with Crippen molar-refractivity contribution in [3.8, 4) is 5.88 Å². The van der Waals surface area contributed by atoms with Crippen molar-refractivity contribution in [3.63, 3.8) is 0 Å². The normalized spacial score (nSPS) is 10.6. The first-order valence-corrected chi connectivity index (χ1v) is 5.28. The van der Waals surface area contributed by atoms with Crippen LogP contribution in [0.1, 0.15) is 35.0 Å². The summed E-state index contributed by atoms with van der Waals surface area (Å²) in [5.74, 6) is -1.09. The Hall–Kier alpha value is -1.76. The molecule has 0 atom stereocenters. The van der Waals surface area contributed by atoms with Crippen LogP contribution in [0.5, 0.6) is 5.88 Å². The molecule has 0 amide bonds. The van der Waals surface area contributed by atoms with Crippen molar-refractivity contribution < 1.29 is 23.0 Å². The summed E-state index contributed by atoms with van der Waals surface area (Å²) in [5, 5.41) is 0. The van der Waals surface area contributed by atoms with Crippen molar-refractivity contribution in [1.82, 2.24) is 4.98 Å². The smallest absolute Gasteiger partial charge is 0.344 e. The van der Waals surface area contributed by atoms with Crippen LogP contribution < -0.4 is 10.5 Å². The molecule has 1 aromatic rings. The fraction of sp³-hybridized carbons (Fsp3) is 0.455. The van der Waals surface area contributed by atoms with Gasteiger partial charge < -0.3 is 15.2 Å². The maximum atomic E-state index is 12.9. The van der Waals surface area contributed by atoms with Crippen molar-refractivity contribution >= 4 is 5.97 Å². The van der Waals surface area contributed by atoms with Crippen LogP contribution in [0.15, 0.2) is 6.07 Å². The number of nitrogens with zero attached hydrogens (tertiary/aromatic N) is 1. The summed E-state index contributed by atoms with van der Waals surface area (Å²) in [4.78, 5) is 15.5. The van der Waals surface area contributed by atoms with E-state index in [0.717, 1.165) is 6.07 Å². The lowest BCUT2D eigenvalue weighted by Gasteiger charge is -2.13. The molecular formula is C11H14F2N2O3. The highest BCUT2D eigenvalue weighted by Crippen LogP contribution is 2.30. The second kappa shape index (κ2) is 6.25. The molecule has 0 aliphatic rings. The van der Waals surface area contributed by atoms with E-state index in [0.29, 0.717) is 0 Å². The molecule has 0 aliphatic carbocycles. The monoisotopic (exact) mass is 260 g/mol. The summed E-state index contributed by atoms with van der Waals surface area (Å²) in [7, 11) is 1.24. The fourth-order valence-corrected chi connectivity index (χ4v) is 1.43. The van der Waals surface area contributed by atoms with E-state index in [-0.39, 0.29) is 30.3 Å². The van der Waals surface area contributed by atoms with Gasteiger partial charge in [-0.15, -0.1) is 0 Å². The molecule has 0 saturated heterocycles. The van der Waals surface area contributed by atoms with E-state index in [1.54, 1.807) is 6.92 Å². The number of methoxy groups -OCH3 is 1. The highest BCUT2D eigenvalue weighted by molar-refractivity contribution is 5.93. The lowest BCUT2D eigenvalue weighted by atomic mass is 10.1. The van der Waals surface area contributed by atoms with E-state index in [1.165, 1.54) is 7.11 Å². The third kappa shape index (κ3) is 2.92. The minimum atomic E-state index is -2.84. The second-order valence-corrected chi connectivity index (χ2v) is 3.31. The van der Waals surface area contributed by atoms with Crippen molar-refractivity contribution in [1.29, 1.82) is 0 Å². The number of pyridine rings is 1. The van der Waals surface area contributed by atoms with Crippen molar-refractivity contribution in [3.05, 3.63) is 22.9 Å². The molecule has 0 aliphatic heterocycles. The number of alkyl halides is 2. The second-order valence-electron chi connectivity index (χ2n) is 3.31. The van der Waals surface area contributed by atoms with Crippen molar-refractivity contribution in [2.45, 2.75) is 19.9 Å². The van der Waals surface area contributed by atoms with E-state index >= 15 is 0 Å². The van der Waals surface area contributed by atoms with Gasteiger partial charge in [-0.2, -0.15) is 0 Å². The molecule has 1 rings (SSSR count). The Morgan fingerprint density at radius 2 is 2.22 bits per heavy atom. The summed E-state index contributed by atoms with van der Waals surface area (Å²) >= 11 is 0. The molecule has 2 N–H and O–H groups in total. The number of esters is 1. The van der Waals surface area contributed by atoms with Gasteiger partial charge in [0.1, 0.15) is 5.56 Å². The van der Waals surface area contributed by atoms with Crippen LogP contribution in [-0.2, 0) is 11.3 Å². The molecule has 0 unspecified atom stereocenters. The Morgan fingerprint density at radius 3 is 2.67 bits per heavy atom. The minimum absolute atomic E-state index is 0.0286. The Morgan fingerprint density at radius 1 is 1.56 bits per heavy atom. The van der Waals surface area contributed by atoms with Crippen LogP contribution in [0, 0.1) is 0 Å². The topological polar surface area (TPSA) is 74.4 Å². The highest BCUT2D eigenvalue weighted by atomic mass is 19.3. The van der Waals surface area contributed by atoms with Crippen LogP contribution >= 0.6 is 0 Å². The van der Waals surface area contributed by atoms with E-state index in [4.69, 9.17) is 15.2 Å². The van der Waals surface area contributed by atoms with Gasteiger partial charge in [0.15, 0.2) is 0 Å². The summed E-state index contributed by atoms with van der Waals surface area (Å²) in [6.07, 6.45) is -2.84. The molecule has 1 aromatic heterocycles. The highest BCUT2D eigenvalue weighted by Gasteiger charge is 2.26. The number of carbonyl (C=O) groups is 1. The largest absolute Gasteiger partial charge is 0.480 e. The molecule has 18 heavy (non-hydrogen) atoms. The SMILES string of the molecule is CCOC(=O)c1c(C(F)F)cc(CN)nc1OC. The van der Waals surface area contributed by atoms with Gasteiger partial charge >= 0.3 is 5.97 Å². The Bertz CT molecular complexity index is 439. The molecule has 7 heteroatoms. The van der Waals surface area contributed by atoms with Gasteiger partial charge in [0.25, 0.3) is 6.43 Å². The number of halogens is 2. The summed E-state index contributed by atoms with van der Waals surface area (Å²) in [6, 6.07) is 1.08. The van der Waals surface area contributed by atoms with Gasteiger partial charge in [0, 0.05) is 12.1 Å². The van der Waals surface area contributed by atoms with E-state index < -0.39 is 18.0 Å². The number of hydrogen-bond acceptors (Lipinski definition) is 5. The predicted octanol–water partition coefficient (Wildman–Crippen LogP) is 1.66. The van der Waals surface area contributed by atoms with E-state index in [2.05, 4.69) is 4.98 Å². The maximum absolute atomic E-state index is 12.9. The lowest BCUT2D eigenvalue weighted by Crippen LogP contribution is -2.14. The molecule has 0 bridgehead atoms. The standard InChI is InChI=1S/C11H14F2N2O3/c1-3-18-11(16)8-7(9(12)13)4-6(5-14)15-10(8)17-2/h4,9H,3,5,14H2,1-2H3. The number of ether oxygens (including phenoxy) is 2. The molecule has 0 radical (unpaired) electrons. The van der Waals surface area contributed by atoms with Crippen LogP contribution in [0.2, 0.25) is 0 Å². The van der Waals surface area contributed by atoms with Gasteiger partial charge in [-0.1, -0.05) is 0 Å². The predicted molar refractivity (Wildman–Crippen MR) is 59.6 cm³/mol. The third-order valence-electron chi connectivity index (χ3n) is 2.19. The molecule has 0 saturated carbocycles. The first kappa shape index (κ1) is 14.3. The van der Waals surface area contributed by atoms with E-state index in [9.17, 15) is 13.6 Å². The van der Waals surface area contributed by atoms with Crippen LogP contribution in [0.4, 0.5) is 8.78 Å². The Kier molecular flexibility index (Phi) is 4.96. The third-order valence-corrected chi connectivity index (χ3v) is 2.19. The zero-order chi connectivity index (χ0) is 13.7. The summed E-state index contributed by atoms with van der Waals surface area (Å²) in [6.45, 7) is 1.62. The molecule has 0 aromatic carbocycles. The molecule has 1 heterocycles. The average Bonchev–Trinajstić information content (AvgIpc) is 2.37. The maximum Gasteiger partial charge on any atom is 0.344 e. The number of carbonyl (C=O) groups excluding carboxylic acids is 1. The van der Waals surface area contributed by atoms with Crippen molar-refractivity contribution in [2.75, 3.05) is 13.7 Å². The van der Waals surface area contributed by atoms with E-state index in [1.807, 2.05) is 0 Å². The van der Waals surface area contributed by atoms with Gasteiger partial charge in [0.2, 0.25) is 5.88 Å². The number of rotatable bonds is 5. The number of aromatic nitrogens is 1. The number of hydrogen-bond donors (Lipinski definition) is 1. The summed E-state index contributed by atoms with van der Waals surface area (Å²) < 4.78 is 35.4. The zero-order valence-corrected chi connectivity index (χ0v) is 10.1. The van der Waals surface area contributed by atoms with Gasteiger partial charge in [0.05, 0.1) is 19.4 Å². The van der Waals surface area contributed by atoms with Gasteiger partial charge in [-0.05, 0) is 13.0 Å². The first-order chi connectivity index (χ1) is 8.54. The molecule has 0 fully saturated rings. The zero-order valence-electron chi connectivity index (χ0n) is 10.1. The number of nitrogens with two attached hydrogens (primary N) is 1. The van der Waals surface area contributed by atoms with Crippen LogP contribution in [0.25, 0.3) is 0 Å². The van der Waals surface area contributed by atoms with Crippen LogP contribution in [-0.4, -0.2) is 24.7 Å². The molecular weight excluding hydrogens is 246 g/mol. The lowest BCUT2D eigenvalue weighted by molar-refractivity contribution is 0.0510. The molecule has 5 nitrogen and oxygen atoms in total.